The van der Waals surface area contributed by atoms with Crippen LogP contribution in [-0.4, -0.2) is 23.6 Å². The van der Waals surface area contributed by atoms with Gasteiger partial charge in [-0.15, -0.1) is 0 Å². The maximum absolute atomic E-state index is 11.9. The number of para-hydroxylation sites is 1. The summed E-state index contributed by atoms with van der Waals surface area (Å²) in [6.07, 6.45) is -0.288. The summed E-state index contributed by atoms with van der Waals surface area (Å²) in [4.78, 5) is 15.5. The van der Waals surface area contributed by atoms with Crippen LogP contribution in [0.1, 0.15) is 5.56 Å². The second-order valence-corrected chi connectivity index (χ2v) is 4.09. The zero-order valence-electron chi connectivity index (χ0n) is 10.3. The fraction of sp³-hybridized carbons (Fsp3) is 0.143. The van der Waals surface area contributed by atoms with Gasteiger partial charge >= 0.3 is 6.18 Å². The van der Waals surface area contributed by atoms with Gasteiger partial charge in [0.1, 0.15) is 6.54 Å². The molecular formula is C14H11F3N2O. The summed E-state index contributed by atoms with van der Waals surface area (Å²) in [6.45, 7) is -1.34. The zero-order chi connectivity index (χ0) is 14.6. The number of nitrogens with one attached hydrogen (secondary N) is 1. The first-order valence-corrected chi connectivity index (χ1v) is 5.82. The van der Waals surface area contributed by atoms with Crippen LogP contribution in [0.4, 0.5) is 13.2 Å². The third-order valence-electron chi connectivity index (χ3n) is 2.54. The molecule has 104 valence electrons. The van der Waals surface area contributed by atoms with E-state index in [1.807, 2.05) is 12.1 Å². The monoisotopic (exact) mass is 280 g/mol. The molecule has 0 aliphatic rings. The second kappa shape index (κ2) is 5.73. The van der Waals surface area contributed by atoms with Gasteiger partial charge in [0.05, 0.1) is 5.52 Å². The van der Waals surface area contributed by atoms with Crippen molar-refractivity contribution >= 4 is 22.9 Å². The van der Waals surface area contributed by atoms with Crippen molar-refractivity contribution in [1.82, 2.24) is 10.3 Å². The van der Waals surface area contributed by atoms with Crippen molar-refractivity contribution in [3.05, 3.63) is 48.2 Å². The van der Waals surface area contributed by atoms with Gasteiger partial charge in [0.2, 0.25) is 5.91 Å². The van der Waals surface area contributed by atoms with E-state index in [4.69, 9.17) is 0 Å². The molecule has 20 heavy (non-hydrogen) atoms. The van der Waals surface area contributed by atoms with Crippen LogP contribution in [-0.2, 0) is 4.79 Å². The quantitative estimate of drug-likeness (QED) is 0.878. The molecule has 1 aromatic heterocycles. The molecule has 0 radical (unpaired) electrons. The fourth-order valence-corrected chi connectivity index (χ4v) is 1.67. The predicted octanol–water partition coefficient (Wildman–Crippen LogP) is 2.93. The summed E-state index contributed by atoms with van der Waals surface area (Å²) < 4.78 is 35.8. The summed E-state index contributed by atoms with van der Waals surface area (Å²) in [7, 11) is 0. The molecule has 1 heterocycles. The van der Waals surface area contributed by atoms with Crippen LogP contribution in [0, 0.1) is 0 Å². The largest absolute Gasteiger partial charge is 0.405 e. The van der Waals surface area contributed by atoms with E-state index in [9.17, 15) is 18.0 Å². The Morgan fingerprint density at radius 2 is 2.00 bits per heavy atom. The number of aromatic nitrogens is 1. The van der Waals surface area contributed by atoms with Crippen LogP contribution < -0.4 is 5.32 Å². The van der Waals surface area contributed by atoms with Gasteiger partial charge in [-0.1, -0.05) is 24.3 Å². The number of fused-ring (bicyclic) bond motifs is 1. The number of carbonyl (C=O) groups excluding carboxylic acids is 1. The minimum absolute atomic E-state index is 0.672. The van der Waals surface area contributed by atoms with Crippen molar-refractivity contribution < 1.29 is 18.0 Å². The molecule has 2 rings (SSSR count). The molecule has 0 bridgehead atoms. The Labute approximate surface area is 113 Å². The molecule has 0 fully saturated rings. The van der Waals surface area contributed by atoms with E-state index < -0.39 is 18.6 Å². The highest BCUT2D eigenvalue weighted by molar-refractivity contribution is 5.95. The molecule has 0 unspecified atom stereocenters. The lowest BCUT2D eigenvalue weighted by molar-refractivity contribution is -0.135. The Bertz CT molecular complexity index is 645. The molecule has 2 aromatic rings. The van der Waals surface area contributed by atoms with Gasteiger partial charge in [-0.2, -0.15) is 13.2 Å². The minimum Gasteiger partial charge on any atom is -0.343 e. The van der Waals surface area contributed by atoms with Crippen molar-refractivity contribution in [2.75, 3.05) is 6.54 Å². The van der Waals surface area contributed by atoms with Crippen molar-refractivity contribution in [3.8, 4) is 0 Å². The number of carbonyl (C=O) groups is 1. The highest BCUT2D eigenvalue weighted by Crippen LogP contribution is 2.17. The highest BCUT2D eigenvalue weighted by Gasteiger charge is 2.27. The molecule has 0 atom stereocenters. The van der Waals surface area contributed by atoms with Crippen molar-refractivity contribution in [1.29, 1.82) is 0 Å². The van der Waals surface area contributed by atoms with Gasteiger partial charge < -0.3 is 5.32 Å². The predicted molar refractivity (Wildman–Crippen MR) is 69.8 cm³/mol. The van der Waals surface area contributed by atoms with Crippen LogP contribution in [0.3, 0.4) is 0 Å². The van der Waals surface area contributed by atoms with E-state index in [-0.39, 0.29) is 0 Å². The van der Waals surface area contributed by atoms with E-state index in [0.29, 0.717) is 11.1 Å². The third kappa shape index (κ3) is 3.81. The Morgan fingerprint density at radius 3 is 2.75 bits per heavy atom. The van der Waals surface area contributed by atoms with Crippen LogP contribution in [0.15, 0.2) is 42.6 Å². The number of nitrogens with zero attached hydrogens (tertiary/aromatic N) is 1. The number of pyridine rings is 1. The Morgan fingerprint density at radius 1 is 1.25 bits per heavy atom. The molecule has 1 N–H and O–H groups in total. The van der Waals surface area contributed by atoms with Crippen LogP contribution >= 0.6 is 0 Å². The van der Waals surface area contributed by atoms with E-state index in [0.717, 1.165) is 11.5 Å². The maximum Gasteiger partial charge on any atom is 0.405 e. The van der Waals surface area contributed by atoms with Gasteiger partial charge in [0, 0.05) is 23.2 Å². The summed E-state index contributed by atoms with van der Waals surface area (Å²) >= 11 is 0. The lowest BCUT2D eigenvalue weighted by Gasteiger charge is -2.06. The van der Waals surface area contributed by atoms with Gasteiger partial charge in [0.25, 0.3) is 0 Å². The Kier molecular flexibility index (Phi) is 4.02. The number of rotatable bonds is 3. The van der Waals surface area contributed by atoms with E-state index in [1.54, 1.807) is 29.7 Å². The number of benzene rings is 1. The smallest absolute Gasteiger partial charge is 0.343 e. The lowest BCUT2D eigenvalue weighted by atomic mass is 10.1. The molecule has 0 saturated carbocycles. The van der Waals surface area contributed by atoms with Crippen molar-refractivity contribution in [3.63, 3.8) is 0 Å². The number of halogens is 3. The van der Waals surface area contributed by atoms with Gasteiger partial charge in [-0.25, -0.2) is 0 Å². The number of amides is 1. The first-order chi connectivity index (χ1) is 9.46. The zero-order valence-corrected chi connectivity index (χ0v) is 10.3. The minimum atomic E-state index is -4.41. The third-order valence-corrected chi connectivity index (χ3v) is 2.54. The van der Waals surface area contributed by atoms with Crippen LogP contribution in [0.2, 0.25) is 0 Å². The lowest BCUT2D eigenvalue weighted by Crippen LogP contribution is -2.32. The molecule has 6 heteroatoms. The topological polar surface area (TPSA) is 42.0 Å². The number of hydrogen-bond acceptors (Lipinski definition) is 2. The van der Waals surface area contributed by atoms with Crippen LogP contribution in [0.5, 0.6) is 0 Å². The van der Waals surface area contributed by atoms with Crippen molar-refractivity contribution in [2.24, 2.45) is 0 Å². The molecule has 0 aliphatic heterocycles. The second-order valence-electron chi connectivity index (χ2n) is 4.09. The summed E-state index contributed by atoms with van der Waals surface area (Å²) in [5.74, 6) is -0.796. The Balaban J connectivity index is 2.12. The number of hydrogen-bond donors (Lipinski definition) is 1. The average Bonchev–Trinajstić information content (AvgIpc) is 2.42. The molecule has 1 amide bonds. The Hall–Kier alpha value is -2.37. The van der Waals surface area contributed by atoms with Gasteiger partial charge in [-0.05, 0) is 12.1 Å². The van der Waals surface area contributed by atoms with Gasteiger partial charge in [0.15, 0.2) is 0 Å². The number of alkyl halides is 3. The summed E-state index contributed by atoms with van der Waals surface area (Å²) in [6, 6.07) is 9.04. The van der Waals surface area contributed by atoms with Crippen molar-refractivity contribution in [2.45, 2.75) is 6.18 Å². The van der Waals surface area contributed by atoms with Crippen LogP contribution in [0.25, 0.3) is 17.0 Å². The standard InChI is InChI=1S/C14H11F3N2O/c15-14(16,17)9-19-12(20)7-6-11-4-1-3-10-5-2-8-18-13(10)11/h1-8H,9H2,(H,19,20)/b7-6+. The average molecular weight is 280 g/mol. The van der Waals surface area contributed by atoms with E-state index in [2.05, 4.69) is 4.98 Å². The summed E-state index contributed by atoms with van der Waals surface area (Å²) in [5.41, 5.74) is 1.36. The summed E-state index contributed by atoms with van der Waals surface area (Å²) in [5, 5.41) is 2.66. The molecule has 3 nitrogen and oxygen atoms in total. The maximum atomic E-state index is 11.9. The molecule has 0 spiro atoms. The molecular weight excluding hydrogens is 269 g/mol. The van der Waals surface area contributed by atoms with E-state index in [1.165, 1.54) is 6.08 Å². The highest BCUT2D eigenvalue weighted by atomic mass is 19.4. The first kappa shape index (κ1) is 14.0. The fourth-order valence-electron chi connectivity index (χ4n) is 1.67. The molecule has 1 aromatic carbocycles. The normalized spacial score (nSPS) is 11.9. The molecule has 0 aliphatic carbocycles. The first-order valence-electron chi connectivity index (χ1n) is 5.82. The SMILES string of the molecule is O=C(/C=C/c1cccc2cccnc12)NCC(F)(F)F. The molecule has 0 saturated heterocycles. The van der Waals surface area contributed by atoms with E-state index >= 15 is 0 Å². The van der Waals surface area contributed by atoms with Gasteiger partial charge in [-0.3, -0.25) is 9.78 Å².